The molecule has 3 aromatic rings. The number of rotatable bonds is 13. The first kappa shape index (κ1) is 30.2. The van der Waals surface area contributed by atoms with Crippen LogP contribution in [0.4, 0.5) is 0 Å². The van der Waals surface area contributed by atoms with Crippen LogP contribution in [-0.4, -0.2) is 35.9 Å². The summed E-state index contributed by atoms with van der Waals surface area (Å²) in [5.41, 5.74) is 5.45. The highest BCUT2D eigenvalue weighted by Gasteiger charge is 2.48. The first-order chi connectivity index (χ1) is 17.7. The molecule has 2 atom stereocenters. The van der Waals surface area contributed by atoms with Crippen LogP contribution in [-0.2, 0) is 16.0 Å². The quantitative estimate of drug-likeness (QED) is 0.173. The molecule has 0 saturated carbocycles. The lowest BCUT2D eigenvalue weighted by Crippen LogP contribution is -2.49. The molecule has 3 rings (SSSR count). The topological polar surface area (TPSA) is 94.9 Å². The van der Waals surface area contributed by atoms with E-state index in [1.807, 2.05) is 59.7 Å². The Hall–Kier alpha value is -2.35. The summed E-state index contributed by atoms with van der Waals surface area (Å²) in [6.45, 7) is 14.5. The Kier molecular flexibility index (Phi) is 9.71. The number of benzene rings is 1. The van der Waals surface area contributed by atoms with Gasteiger partial charge in [-0.15, -0.1) is 11.3 Å². The van der Waals surface area contributed by atoms with Crippen LogP contribution in [0.2, 0.25) is 0 Å². The number of aryl methyl sites for hydroxylation is 1. The van der Waals surface area contributed by atoms with Crippen LogP contribution < -0.4 is 10.5 Å². The number of aliphatic hydroxyl groups is 1. The molecule has 0 aliphatic rings. The summed E-state index contributed by atoms with van der Waals surface area (Å²) in [4.78, 5) is 15.5. The fourth-order valence-electron chi connectivity index (χ4n) is 4.56. The molecule has 0 aliphatic carbocycles. The van der Waals surface area contributed by atoms with Crippen LogP contribution in [0.3, 0.4) is 0 Å². The van der Waals surface area contributed by atoms with Gasteiger partial charge in [0, 0.05) is 21.9 Å². The molecule has 0 saturated heterocycles. The van der Waals surface area contributed by atoms with Crippen molar-refractivity contribution in [1.82, 2.24) is 0 Å². The highest BCUT2D eigenvalue weighted by atomic mass is 32.1. The van der Waals surface area contributed by atoms with E-state index in [-0.39, 0.29) is 18.0 Å². The van der Waals surface area contributed by atoms with E-state index in [4.69, 9.17) is 19.6 Å². The van der Waals surface area contributed by atoms with Crippen LogP contribution in [0.25, 0.3) is 21.6 Å². The van der Waals surface area contributed by atoms with Gasteiger partial charge in [-0.3, -0.25) is 4.79 Å². The zero-order chi connectivity index (χ0) is 28.1. The number of hydrogen-bond acceptors (Lipinski definition) is 7. The van der Waals surface area contributed by atoms with Gasteiger partial charge < -0.3 is 24.7 Å². The molecule has 38 heavy (non-hydrogen) atoms. The minimum absolute atomic E-state index is 0.0160. The lowest BCUT2D eigenvalue weighted by atomic mass is 9.63. The van der Waals surface area contributed by atoms with Gasteiger partial charge in [0.25, 0.3) is 0 Å². The van der Waals surface area contributed by atoms with Crippen molar-refractivity contribution in [2.75, 3.05) is 13.2 Å². The summed E-state index contributed by atoms with van der Waals surface area (Å²) in [6.07, 6.45) is 2.88. The second-order valence-electron chi connectivity index (χ2n) is 12.3. The van der Waals surface area contributed by atoms with E-state index in [0.29, 0.717) is 19.4 Å². The molecule has 0 bridgehead atoms. The molecular weight excluding hydrogens is 498 g/mol. The number of nitrogens with two attached hydrogens (primary N) is 1. The molecule has 6 nitrogen and oxygen atoms in total. The smallest absolute Gasteiger partial charge is 0.312 e. The molecular formula is C31H45NO5S. The van der Waals surface area contributed by atoms with Crippen molar-refractivity contribution in [2.24, 2.45) is 16.6 Å². The molecule has 0 amide bonds. The van der Waals surface area contributed by atoms with Gasteiger partial charge in [-0.25, -0.2) is 0 Å². The molecule has 210 valence electrons. The van der Waals surface area contributed by atoms with E-state index in [2.05, 4.69) is 25.1 Å². The summed E-state index contributed by atoms with van der Waals surface area (Å²) in [5, 5.41) is 11.4. The Morgan fingerprint density at radius 2 is 1.82 bits per heavy atom. The van der Waals surface area contributed by atoms with Crippen molar-refractivity contribution in [1.29, 1.82) is 0 Å². The third kappa shape index (κ3) is 7.84. The van der Waals surface area contributed by atoms with E-state index in [1.165, 1.54) is 4.88 Å². The minimum Gasteiger partial charge on any atom is -0.493 e. The maximum absolute atomic E-state index is 13.0. The van der Waals surface area contributed by atoms with Crippen LogP contribution in [0.5, 0.6) is 5.75 Å². The summed E-state index contributed by atoms with van der Waals surface area (Å²) in [5.74, 6) is 1.33. The Morgan fingerprint density at radius 1 is 1.08 bits per heavy atom. The average Bonchev–Trinajstić information content (AvgIpc) is 3.47. The second kappa shape index (κ2) is 12.2. The highest BCUT2D eigenvalue weighted by Crippen LogP contribution is 2.45. The van der Waals surface area contributed by atoms with Crippen molar-refractivity contribution < 1.29 is 23.8 Å². The van der Waals surface area contributed by atoms with E-state index >= 15 is 0 Å². The molecule has 0 radical (unpaired) electrons. The largest absolute Gasteiger partial charge is 0.493 e. The van der Waals surface area contributed by atoms with Gasteiger partial charge in [-0.05, 0) is 88.6 Å². The monoisotopic (exact) mass is 543 g/mol. The normalized spacial score (nSPS) is 14.9. The summed E-state index contributed by atoms with van der Waals surface area (Å²) in [7, 11) is 0. The predicted octanol–water partition coefficient (Wildman–Crippen LogP) is 7.36. The van der Waals surface area contributed by atoms with Crippen LogP contribution in [0.1, 0.15) is 79.0 Å². The van der Waals surface area contributed by atoms with Crippen LogP contribution in [0.15, 0.2) is 40.8 Å². The van der Waals surface area contributed by atoms with Gasteiger partial charge in [0.05, 0.1) is 23.0 Å². The third-order valence-electron chi connectivity index (χ3n) is 7.27. The first-order valence-electron chi connectivity index (χ1n) is 13.6. The summed E-state index contributed by atoms with van der Waals surface area (Å²) < 4.78 is 17.6. The van der Waals surface area contributed by atoms with Gasteiger partial charge in [-0.1, -0.05) is 27.7 Å². The maximum Gasteiger partial charge on any atom is 0.312 e. The maximum atomic E-state index is 13.0. The number of esters is 1. The molecule has 3 N–H and O–H groups in total. The molecule has 0 spiro atoms. The third-order valence-corrected chi connectivity index (χ3v) is 8.51. The Balaban J connectivity index is 1.42. The lowest BCUT2D eigenvalue weighted by molar-refractivity contribution is -0.167. The number of furan rings is 1. The lowest BCUT2D eigenvalue weighted by Gasteiger charge is -2.43. The second-order valence-corrected chi connectivity index (χ2v) is 13.4. The number of thiophene rings is 1. The number of fused-ring (bicyclic) bond motifs is 1. The Morgan fingerprint density at radius 3 is 2.45 bits per heavy atom. The molecule has 0 fully saturated rings. The SMILES string of the molecule is CCc1ccc(-c2cc3ccc(OCCCCC(O)COC(=O)C(C)(CC(C)(C)N)C(C)(C)C)cc3o2)s1. The van der Waals surface area contributed by atoms with Gasteiger partial charge in [-0.2, -0.15) is 0 Å². The minimum atomic E-state index is -0.753. The van der Waals surface area contributed by atoms with E-state index < -0.39 is 17.1 Å². The average molecular weight is 544 g/mol. The van der Waals surface area contributed by atoms with Crippen molar-refractivity contribution in [3.05, 3.63) is 41.3 Å². The summed E-state index contributed by atoms with van der Waals surface area (Å²) in [6, 6.07) is 12.2. The zero-order valence-electron chi connectivity index (χ0n) is 24.1. The zero-order valence-corrected chi connectivity index (χ0v) is 24.9. The van der Waals surface area contributed by atoms with Gasteiger partial charge in [0.1, 0.15) is 23.7 Å². The summed E-state index contributed by atoms with van der Waals surface area (Å²) >= 11 is 1.76. The standard InChI is InChI=1S/C31H45NO5S/c1-8-24-14-15-27(38-24)26-17-21-12-13-23(18-25(21)37-26)35-16-10-9-11-22(33)19-36-28(34)31(7,29(2,3)4)20-30(5,6)32/h12-15,17-18,22,33H,8-11,16,19-20,32H2,1-7H3. The molecule has 0 aliphatic heterocycles. The fourth-order valence-corrected chi connectivity index (χ4v) is 5.46. The van der Waals surface area contributed by atoms with E-state index in [0.717, 1.165) is 46.6 Å². The van der Waals surface area contributed by atoms with Crippen molar-refractivity contribution in [2.45, 2.75) is 92.2 Å². The van der Waals surface area contributed by atoms with E-state index in [9.17, 15) is 9.90 Å². The van der Waals surface area contributed by atoms with Gasteiger partial charge in [0.15, 0.2) is 0 Å². The number of ether oxygens (including phenoxy) is 2. The molecule has 7 heteroatoms. The number of unbranched alkanes of at least 4 members (excludes halogenated alkanes) is 1. The van der Waals surface area contributed by atoms with Gasteiger partial charge in [0.2, 0.25) is 0 Å². The molecule has 2 unspecified atom stereocenters. The molecule has 2 aromatic heterocycles. The fraction of sp³-hybridized carbons (Fsp3) is 0.581. The van der Waals surface area contributed by atoms with Crippen molar-refractivity contribution >= 4 is 28.3 Å². The number of carbonyl (C=O) groups excluding carboxylic acids is 1. The number of aliphatic hydroxyl groups excluding tert-OH is 1. The van der Waals surface area contributed by atoms with Crippen molar-refractivity contribution in [3.8, 4) is 16.4 Å². The Labute approximate surface area is 231 Å². The van der Waals surface area contributed by atoms with Crippen molar-refractivity contribution in [3.63, 3.8) is 0 Å². The highest BCUT2D eigenvalue weighted by molar-refractivity contribution is 7.15. The first-order valence-corrected chi connectivity index (χ1v) is 14.4. The van der Waals surface area contributed by atoms with Crippen LogP contribution in [0, 0.1) is 10.8 Å². The van der Waals surface area contributed by atoms with E-state index in [1.54, 1.807) is 11.3 Å². The van der Waals surface area contributed by atoms with Crippen LogP contribution >= 0.6 is 11.3 Å². The predicted molar refractivity (Wildman–Crippen MR) is 156 cm³/mol. The molecule has 2 heterocycles. The van der Waals surface area contributed by atoms with Gasteiger partial charge >= 0.3 is 5.97 Å². The number of carbonyl (C=O) groups is 1. The molecule has 1 aromatic carbocycles. The number of hydrogen-bond donors (Lipinski definition) is 2. The Bertz CT molecular complexity index is 1200.